The van der Waals surface area contributed by atoms with Crippen molar-refractivity contribution in [1.82, 2.24) is 0 Å². The molecular weight excluding hydrogens is 250 g/mol. The number of aromatic hydroxyl groups is 1. The van der Waals surface area contributed by atoms with Crippen LogP contribution in [0.15, 0.2) is 53.7 Å². The summed E-state index contributed by atoms with van der Waals surface area (Å²) in [4.78, 5) is 21.6. The molecular formula is C13H9NO5. The molecule has 0 atom stereocenters. The SMILES string of the molecule is O=Nc1ccc(OC(=O)Oc2ccc(O)cc2)cc1. The zero-order valence-corrected chi connectivity index (χ0v) is 9.65. The van der Waals surface area contributed by atoms with Crippen LogP contribution in [-0.2, 0) is 0 Å². The number of nitroso groups, excluding NO2 is 1. The first-order valence-corrected chi connectivity index (χ1v) is 5.29. The van der Waals surface area contributed by atoms with E-state index in [0.717, 1.165) is 0 Å². The topological polar surface area (TPSA) is 85.2 Å². The largest absolute Gasteiger partial charge is 0.519 e. The van der Waals surface area contributed by atoms with Gasteiger partial charge < -0.3 is 14.6 Å². The minimum atomic E-state index is -0.919. The lowest BCUT2D eigenvalue weighted by molar-refractivity contribution is 0.152. The van der Waals surface area contributed by atoms with Gasteiger partial charge in [-0.2, -0.15) is 0 Å². The van der Waals surface area contributed by atoms with Gasteiger partial charge in [0, 0.05) is 0 Å². The molecule has 0 fully saturated rings. The van der Waals surface area contributed by atoms with Crippen molar-refractivity contribution in [2.24, 2.45) is 5.18 Å². The number of rotatable bonds is 3. The van der Waals surface area contributed by atoms with Gasteiger partial charge in [-0.05, 0) is 53.7 Å². The van der Waals surface area contributed by atoms with Gasteiger partial charge in [0.05, 0.1) is 0 Å². The molecule has 2 rings (SSSR count). The average molecular weight is 259 g/mol. The Morgan fingerprint density at radius 2 is 1.37 bits per heavy atom. The molecule has 0 bridgehead atoms. The third kappa shape index (κ3) is 3.53. The summed E-state index contributed by atoms with van der Waals surface area (Å²) in [7, 11) is 0. The van der Waals surface area contributed by atoms with Crippen molar-refractivity contribution in [3.05, 3.63) is 53.4 Å². The predicted octanol–water partition coefficient (Wildman–Crippen LogP) is 3.37. The first-order chi connectivity index (χ1) is 9.17. The summed E-state index contributed by atoms with van der Waals surface area (Å²) >= 11 is 0. The molecule has 0 aliphatic rings. The van der Waals surface area contributed by atoms with Crippen molar-refractivity contribution in [2.75, 3.05) is 0 Å². The Morgan fingerprint density at radius 3 is 1.84 bits per heavy atom. The molecule has 0 aromatic heterocycles. The number of hydrogen-bond acceptors (Lipinski definition) is 6. The quantitative estimate of drug-likeness (QED) is 0.519. The fourth-order valence-corrected chi connectivity index (χ4v) is 1.30. The normalized spacial score (nSPS) is 9.68. The van der Waals surface area contributed by atoms with Gasteiger partial charge in [-0.25, -0.2) is 4.79 Å². The maximum Gasteiger partial charge on any atom is 0.519 e. The molecule has 6 nitrogen and oxygen atoms in total. The molecule has 0 amide bonds. The molecule has 96 valence electrons. The highest BCUT2D eigenvalue weighted by molar-refractivity contribution is 5.67. The average Bonchev–Trinajstić information content (AvgIpc) is 2.42. The summed E-state index contributed by atoms with van der Waals surface area (Å²) in [6.07, 6.45) is -0.919. The van der Waals surface area contributed by atoms with Crippen LogP contribution in [0.25, 0.3) is 0 Å². The second-order valence-electron chi connectivity index (χ2n) is 3.53. The zero-order chi connectivity index (χ0) is 13.7. The summed E-state index contributed by atoms with van der Waals surface area (Å²) in [5, 5.41) is 11.8. The van der Waals surface area contributed by atoms with Gasteiger partial charge in [-0.15, -0.1) is 4.91 Å². The first-order valence-electron chi connectivity index (χ1n) is 5.29. The van der Waals surface area contributed by atoms with Gasteiger partial charge in [-0.1, -0.05) is 0 Å². The molecule has 2 aromatic carbocycles. The maximum absolute atomic E-state index is 11.4. The number of carbonyl (C=O) groups excluding carboxylic acids is 1. The van der Waals surface area contributed by atoms with Gasteiger partial charge >= 0.3 is 6.16 Å². The van der Waals surface area contributed by atoms with Crippen LogP contribution in [0.4, 0.5) is 10.5 Å². The zero-order valence-electron chi connectivity index (χ0n) is 9.65. The molecule has 0 unspecified atom stereocenters. The molecule has 0 saturated carbocycles. The van der Waals surface area contributed by atoms with E-state index in [1.54, 1.807) is 0 Å². The van der Waals surface area contributed by atoms with Gasteiger partial charge in [0.2, 0.25) is 0 Å². The number of phenolic OH excluding ortho intramolecular Hbond substituents is 1. The molecule has 0 radical (unpaired) electrons. The van der Waals surface area contributed by atoms with E-state index in [9.17, 15) is 9.70 Å². The number of phenols is 1. The van der Waals surface area contributed by atoms with Crippen LogP contribution >= 0.6 is 0 Å². The van der Waals surface area contributed by atoms with Crippen LogP contribution < -0.4 is 9.47 Å². The van der Waals surface area contributed by atoms with Crippen molar-refractivity contribution < 1.29 is 19.4 Å². The minimum Gasteiger partial charge on any atom is -0.508 e. The molecule has 0 aliphatic carbocycles. The van der Waals surface area contributed by atoms with Crippen LogP contribution in [0, 0.1) is 4.91 Å². The first kappa shape index (κ1) is 12.6. The third-order valence-electron chi connectivity index (χ3n) is 2.18. The monoisotopic (exact) mass is 259 g/mol. The lowest BCUT2D eigenvalue weighted by Gasteiger charge is -2.05. The number of ether oxygens (including phenoxy) is 2. The fraction of sp³-hybridized carbons (Fsp3) is 0. The van der Waals surface area contributed by atoms with E-state index >= 15 is 0 Å². The van der Waals surface area contributed by atoms with Crippen molar-refractivity contribution in [2.45, 2.75) is 0 Å². The van der Waals surface area contributed by atoms with E-state index in [1.807, 2.05) is 0 Å². The fourth-order valence-electron chi connectivity index (χ4n) is 1.30. The van der Waals surface area contributed by atoms with Crippen molar-refractivity contribution in [1.29, 1.82) is 0 Å². The maximum atomic E-state index is 11.4. The van der Waals surface area contributed by atoms with E-state index in [-0.39, 0.29) is 22.9 Å². The van der Waals surface area contributed by atoms with Crippen LogP contribution in [0.1, 0.15) is 0 Å². The molecule has 0 saturated heterocycles. The van der Waals surface area contributed by atoms with E-state index in [1.165, 1.54) is 48.5 Å². The van der Waals surface area contributed by atoms with Gasteiger partial charge in [0.25, 0.3) is 0 Å². The summed E-state index contributed by atoms with van der Waals surface area (Å²) in [6.45, 7) is 0. The van der Waals surface area contributed by atoms with Crippen LogP contribution in [0.3, 0.4) is 0 Å². The highest BCUT2D eigenvalue weighted by atomic mass is 16.7. The lowest BCUT2D eigenvalue weighted by Crippen LogP contribution is -2.13. The van der Waals surface area contributed by atoms with Crippen LogP contribution in [0.2, 0.25) is 0 Å². The van der Waals surface area contributed by atoms with E-state index in [2.05, 4.69) is 5.18 Å². The Bertz CT molecular complexity index is 577. The Kier molecular flexibility index (Phi) is 3.72. The van der Waals surface area contributed by atoms with E-state index in [4.69, 9.17) is 14.6 Å². The summed E-state index contributed by atoms with van der Waals surface area (Å²) in [5.41, 5.74) is 0.235. The lowest BCUT2D eigenvalue weighted by atomic mass is 10.3. The molecule has 0 spiro atoms. The van der Waals surface area contributed by atoms with Gasteiger partial charge in [0.1, 0.15) is 22.9 Å². The molecule has 2 aromatic rings. The summed E-state index contributed by atoms with van der Waals surface area (Å²) < 4.78 is 9.75. The Morgan fingerprint density at radius 1 is 0.895 bits per heavy atom. The molecule has 0 aliphatic heterocycles. The third-order valence-corrected chi connectivity index (χ3v) is 2.18. The Balaban J connectivity index is 1.96. The molecule has 1 N–H and O–H groups in total. The molecule has 19 heavy (non-hydrogen) atoms. The van der Waals surface area contributed by atoms with E-state index in [0.29, 0.717) is 0 Å². The molecule has 6 heteroatoms. The highest BCUT2D eigenvalue weighted by Crippen LogP contribution is 2.19. The second-order valence-corrected chi connectivity index (χ2v) is 3.53. The highest BCUT2D eigenvalue weighted by Gasteiger charge is 2.07. The second kappa shape index (κ2) is 5.63. The smallest absolute Gasteiger partial charge is 0.508 e. The van der Waals surface area contributed by atoms with E-state index < -0.39 is 6.16 Å². The predicted molar refractivity (Wildman–Crippen MR) is 66.7 cm³/mol. The number of hydrogen-bond donors (Lipinski definition) is 1. The Hall–Kier alpha value is -2.89. The van der Waals surface area contributed by atoms with Crippen molar-refractivity contribution >= 4 is 11.8 Å². The van der Waals surface area contributed by atoms with Crippen molar-refractivity contribution in [3.63, 3.8) is 0 Å². The number of nitrogens with zero attached hydrogens (tertiary/aromatic N) is 1. The summed E-state index contributed by atoms with van der Waals surface area (Å²) in [6, 6.07) is 11.3. The van der Waals surface area contributed by atoms with Crippen LogP contribution in [0.5, 0.6) is 17.2 Å². The van der Waals surface area contributed by atoms with Gasteiger partial charge in [-0.3, -0.25) is 0 Å². The minimum absolute atomic E-state index is 0.0673. The van der Waals surface area contributed by atoms with Crippen LogP contribution in [-0.4, -0.2) is 11.3 Å². The Labute approximate surface area is 108 Å². The van der Waals surface area contributed by atoms with Gasteiger partial charge in [0.15, 0.2) is 0 Å². The standard InChI is InChI=1S/C13H9NO5/c15-10-3-7-12(8-4-10)19-13(16)18-11-5-1-9(14-17)2-6-11/h1-8,15H. The summed E-state index contributed by atoms with van der Waals surface area (Å²) in [5.74, 6) is 0.544. The molecule has 0 heterocycles. The number of carbonyl (C=O) groups is 1. The number of benzene rings is 2. The van der Waals surface area contributed by atoms with Crippen molar-refractivity contribution in [3.8, 4) is 17.2 Å².